The summed E-state index contributed by atoms with van der Waals surface area (Å²) >= 11 is 0. The lowest BCUT2D eigenvalue weighted by molar-refractivity contribution is -0.123. The first-order chi connectivity index (χ1) is 8.02. The molecule has 0 bridgehead atoms. The molecular formula is C12H22N4O. The van der Waals surface area contributed by atoms with E-state index in [0.717, 1.165) is 12.2 Å². The summed E-state index contributed by atoms with van der Waals surface area (Å²) in [6.07, 6.45) is 1.79. The fourth-order valence-corrected chi connectivity index (χ4v) is 1.59. The Morgan fingerprint density at radius 3 is 2.65 bits per heavy atom. The molecule has 0 aliphatic heterocycles. The minimum Gasteiger partial charge on any atom is -0.355 e. The number of carbonyl (C=O) groups is 1. The highest BCUT2D eigenvalue weighted by Crippen LogP contribution is 2.08. The number of carbonyl (C=O) groups excluding carboxylic acids is 1. The van der Waals surface area contributed by atoms with Crippen LogP contribution in [0.3, 0.4) is 0 Å². The van der Waals surface area contributed by atoms with Crippen LogP contribution in [-0.4, -0.2) is 28.8 Å². The quantitative estimate of drug-likeness (QED) is 0.722. The second-order valence-electron chi connectivity index (χ2n) is 4.50. The molecular weight excluding hydrogens is 216 g/mol. The maximum Gasteiger partial charge on any atom is 0.222 e. The van der Waals surface area contributed by atoms with Crippen molar-refractivity contribution in [2.45, 2.75) is 26.8 Å². The lowest BCUT2D eigenvalue weighted by Gasteiger charge is -2.14. The smallest absolute Gasteiger partial charge is 0.222 e. The van der Waals surface area contributed by atoms with E-state index in [9.17, 15) is 4.79 Å². The van der Waals surface area contributed by atoms with E-state index in [0.29, 0.717) is 6.54 Å². The molecule has 1 atom stereocenters. The highest BCUT2D eigenvalue weighted by Gasteiger charge is 2.09. The van der Waals surface area contributed by atoms with Gasteiger partial charge < -0.3 is 10.6 Å². The standard InChI is InChI=1S/C12H22N4O/c1-9(2)12(17)14-8-7-13-10(3)11-5-6-15-16(11)4/h5-6,9-10,13H,7-8H2,1-4H3,(H,14,17). The molecule has 0 saturated heterocycles. The molecule has 96 valence electrons. The van der Waals surface area contributed by atoms with Gasteiger partial charge in [-0.2, -0.15) is 5.10 Å². The van der Waals surface area contributed by atoms with Crippen LogP contribution in [0.4, 0.5) is 0 Å². The SMILES string of the molecule is CC(C)C(=O)NCCNC(C)c1ccnn1C. The van der Waals surface area contributed by atoms with Crippen LogP contribution in [0.25, 0.3) is 0 Å². The molecule has 1 unspecified atom stereocenters. The average Bonchev–Trinajstić information content (AvgIpc) is 2.70. The van der Waals surface area contributed by atoms with Crippen LogP contribution in [0.15, 0.2) is 12.3 Å². The van der Waals surface area contributed by atoms with Gasteiger partial charge in [0.05, 0.1) is 5.69 Å². The van der Waals surface area contributed by atoms with Gasteiger partial charge in [0.25, 0.3) is 0 Å². The normalized spacial score (nSPS) is 12.8. The molecule has 1 amide bonds. The van der Waals surface area contributed by atoms with Crippen LogP contribution in [-0.2, 0) is 11.8 Å². The van der Waals surface area contributed by atoms with E-state index in [1.807, 2.05) is 31.6 Å². The van der Waals surface area contributed by atoms with Crippen LogP contribution >= 0.6 is 0 Å². The second-order valence-corrected chi connectivity index (χ2v) is 4.50. The molecule has 5 heteroatoms. The average molecular weight is 238 g/mol. The number of amides is 1. The van der Waals surface area contributed by atoms with E-state index < -0.39 is 0 Å². The molecule has 0 spiro atoms. The molecule has 0 saturated carbocycles. The first kappa shape index (κ1) is 13.7. The minimum absolute atomic E-state index is 0.0458. The Bertz CT molecular complexity index is 359. The van der Waals surface area contributed by atoms with E-state index in [1.54, 1.807) is 6.20 Å². The van der Waals surface area contributed by atoms with Gasteiger partial charge in [-0.3, -0.25) is 9.48 Å². The van der Waals surface area contributed by atoms with Crippen LogP contribution < -0.4 is 10.6 Å². The molecule has 0 aromatic carbocycles. The Morgan fingerprint density at radius 2 is 2.12 bits per heavy atom. The van der Waals surface area contributed by atoms with Crippen molar-refractivity contribution in [3.05, 3.63) is 18.0 Å². The van der Waals surface area contributed by atoms with Crippen molar-refractivity contribution >= 4 is 5.91 Å². The summed E-state index contributed by atoms with van der Waals surface area (Å²) in [6.45, 7) is 7.27. The molecule has 1 aromatic rings. The number of aromatic nitrogens is 2. The van der Waals surface area contributed by atoms with Gasteiger partial charge in [-0.15, -0.1) is 0 Å². The lowest BCUT2D eigenvalue weighted by atomic mass is 10.2. The molecule has 0 radical (unpaired) electrons. The predicted octanol–water partition coefficient (Wildman–Crippen LogP) is 0.843. The summed E-state index contributed by atoms with van der Waals surface area (Å²) in [5.74, 6) is 0.143. The number of nitrogens with one attached hydrogen (secondary N) is 2. The van der Waals surface area contributed by atoms with Gasteiger partial charge in [0.15, 0.2) is 0 Å². The molecule has 5 nitrogen and oxygen atoms in total. The summed E-state index contributed by atoms with van der Waals surface area (Å²) < 4.78 is 1.85. The van der Waals surface area contributed by atoms with Gasteiger partial charge in [-0.25, -0.2) is 0 Å². The zero-order valence-corrected chi connectivity index (χ0v) is 11.0. The molecule has 0 fully saturated rings. The second kappa shape index (κ2) is 6.39. The number of hydrogen-bond acceptors (Lipinski definition) is 3. The molecule has 1 rings (SSSR count). The van der Waals surface area contributed by atoms with Crippen molar-refractivity contribution in [1.29, 1.82) is 0 Å². The van der Waals surface area contributed by atoms with Gasteiger partial charge in [-0.1, -0.05) is 13.8 Å². The van der Waals surface area contributed by atoms with Crippen molar-refractivity contribution in [3.63, 3.8) is 0 Å². The van der Waals surface area contributed by atoms with Crippen molar-refractivity contribution < 1.29 is 4.79 Å². The Morgan fingerprint density at radius 1 is 1.41 bits per heavy atom. The fourth-order valence-electron chi connectivity index (χ4n) is 1.59. The maximum absolute atomic E-state index is 11.3. The highest BCUT2D eigenvalue weighted by atomic mass is 16.1. The van der Waals surface area contributed by atoms with Crippen LogP contribution in [0.5, 0.6) is 0 Å². The van der Waals surface area contributed by atoms with Crippen molar-refractivity contribution in [2.24, 2.45) is 13.0 Å². The number of aryl methyl sites for hydroxylation is 1. The topological polar surface area (TPSA) is 59.0 Å². The largest absolute Gasteiger partial charge is 0.355 e. The number of hydrogen-bond donors (Lipinski definition) is 2. The third-order valence-corrected chi connectivity index (χ3v) is 2.70. The van der Waals surface area contributed by atoms with Gasteiger partial charge in [0.1, 0.15) is 0 Å². The third kappa shape index (κ3) is 4.19. The monoisotopic (exact) mass is 238 g/mol. The zero-order valence-electron chi connectivity index (χ0n) is 11.0. The molecule has 1 aromatic heterocycles. The molecule has 0 aliphatic rings. The van der Waals surface area contributed by atoms with Gasteiger partial charge in [0, 0.05) is 38.3 Å². The summed E-state index contributed by atoms with van der Waals surface area (Å²) in [4.78, 5) is 11.3. The predicted molar refractivity (Wildman–Crippen MR) is 67.5 cm³/mol. The van der Waals surface area contributed by atoms with Crippen molar-refractivity contribution in [1.82, 2.24) is 20.4 Å². The number of rotatable bonds is 6. The third-order valence-electron chi connectivity index (χ3n) is 2.70. The Labute approximate surface area is 103 Å². The first-order valence-electron chi connectivity index (χ1n) is 6.01. The summed E-state index contributed by atoms with van der Waals surface area (Å²) in [5.41, 5.74) is 1.14. The van der Waals surface area contributed by atoms with E-state index in [-0.39, 0.29) is 17.9 Å². The number of nitrogens with zero attached hydrogens (tertiary/aromatic N) is 2. The zero-order chi connectivity index (χ0) is 12.8. The van der Waals surface area contributed by atoms with E-state index in [2.05, 4.69) is 22.7 Å². The maximum atomic E-state index is 11.3. The lowest BCUT2D eigenvalue weighted by Crippen LogP contribution is -2.35. The summed E-state index contributed by atoms with van der Waals surface area (Å²) in [6, 6.07) is 2.23. The summed E-state index contributed by atoms with van der Waals surface area (Å²) in [7, 11) is 1.92. The summed E-state index contributed by atoms with van der Waals surface area (Å²) in [5, 5.41) is 10.3. The molecule has 2 N–H and O–H groups in total. The van der Waals surface area contributed by atoms with Crippen LogP contribution in [0.1, 0.15) is 32.5 Å². The van der Waals surface area contributed by atoms with Crippen LogP contribution in [0, 0.1) is 5.92 Å². The van der Waals surface area contributed by atoms with E-state index >= 15 is 0 Å². The van der Waals surface area contributed by atoms with Gasteiger partial charge >= 0.3 is 0 Å². The minimum atomic E-state index is 0.0458. The van der Waals surface area contributed by atoms with Gasteiger partial charge in [-0.05, 0) is 13.0 Å². The molecule has 0 aliphatic carbocycles. The van der Waals surface area contributed by atoms with E-state index in [1.165, 1.54) is 0 Å². The van der Waals surface area contributed by atoms with Crippen LogP contribution in [0.2, 0.25) is 0 Å². The van der Waals surface area contributed by atoms with E-state index in [4.69, 9.17) is 0 Å². The van der Waals surface area contributed by atoms with Gasteiger partial charge in [0.2, 0.25) is 5.91 Å². The van der Waals surface area contributed by atoms with Crippen molar-refractivity contribution in [3.8, 4) is 0 Å². The first-order valence-corrected chi connectivity index (χ1v) is 6.01. The highest BCUT2D eigenvalue weighted by molar-refractivity contribution is 5.77. The molecule has 17 heavy (non-hydrogen) atoms. The molecule has 1 heterocycles. The fraction of sp³-hybridized carbons (Fsp3) is 0.667. The Kier molecular flexibility index (Phi) is 5.15. The Hall–Kier alpha value is -1.36. The Balaban J connectivity index is 2.24. The van der Waals surface area contributed by atoms with Crippen molar-refractivity contribution in [2.75, 3.05) is 13.1 Å².